The molecule has 11 aromatic rings. The van der Waals surface area contributed by atoms with Gasteiger partial charge in [0.1, 0.15) is 21.7 Å². The zero-order valence-electron chi connectivity index (χ0n) is 29.0. The van der Waals surface area contributed by atoms with Crippen LogP contribution in [0.3, 0.4) is 0 Å². The molecule has 0 aliphatic carbocycles. The third-order valence-corrected chi connectivity index (χ3v) is 10.9. The Morgan fingerprint density at radius 2 is 0.964 bits per heavy atom. The summed E-state index contributed by atoms with van der Waals surface area (Å²) in [4.78, 5) is 24.3. The van der Waals surface area contributed by atoms with E-state index in [1.165, 1.54) is 0 Å². The summed E-state index contributed by atoms with van der Waals surface area (Å²) in [6.45, 7) is 0. The summed E-state index contributed by atoms with van der Waals surface area (Å²) >= 11 is 1.68. The van der Waals surface area contributed by atoms with Gasteiger partial charge in [-0.05, 0) is 54.1 Å². The van der Waals surface area contributed by atoms with Crippen LogP contribution in [0.1, 0.15) is 0 Å². The van der Waals surface area contributed by atoms with E-state index in [9.17, 15) is 0 Å². The quantitative estimate of drug-likeness (QED) is 0.168. The van der Waals surface area contributed by atoms with Crippen LogP contribution >= 0.6 is 11.3 Å². The summed E-state index contributed by atoms with van der Waals surface area (Å²) < 4.78 is 14.2. The number of rotatable bonds is 6. The number of hydrogen-bond donors (Lipinski definition) is 0. The fraction of sp³-hybridized carbons (Fsp3) is 0. The lowest BCUT2D eigenvalue weighted by atomic mass is 10.0. The number of benzene rings is 7. The van der Waals surface area contributed by atoms with Crippen LogP contribution in [0.2, 0.25) is 0 Å². The Labute approximate surface area is 318 Å². The molecule has 0 saturated heterocycles. The maximum absolute atomic E-state index is 6.71. The molecule has 0 aliphatic rings. The Morgan fingerprint density at radius 1 is 0.382 bits per heavy atom. The summed E-state index contributed by atoms with van der Waals surface area (Å²) in [6.07, 6.45) is 0. The number of oxazole rings is 1. The van der Waals surface area contributed by atoms with Crippen molar-refractivity contribution in [2.75, 3.05) is 0 Å². The van der Waals surface area contributed by atoms with Crippen molar-refractivity contribution in [3.8, 4) is 67.3 Å². The summed E-state index contributed by atoms with van der Waals surface area (Å²) in [5, 5.41) is 3.09. The van der Waals surface area contributed by atoms with E-state index in [4.69, 9.17) is 33.8 Å². The van der Waals surface area contributed by atoms with E-state index in [0.29, 0.717) is 28.9 Å². The molecular formula is C47H27N5O2S. The van der Waals surface area contributed by atoms with Crippen molar-refractivity contribution in [3.63, 3.8) is 0 Å². The molecule has 0 radical (unpaired) electrons. The fourth-order valence-corrected chi connectivity index (χ4v) is 8.11. The van der Waals surface area contributed by atoms with Crippen molar-refractivity contribution in [1.29, 1.82) is 0 Å². The molecular weight excluding hydrogens is 699 g/mol. The lowest BCUT2D eigenvalue weighted by Crippen LogP contribution is -2.00. The van der Waals surface area contributed by atoms with Gasteiger partial charge < -0.3 is 8.83 Å². The molecule has 258 valence electrons. The van der Waals surface area contributed by atoms with Crippen molar-refractivity contribution in [1.82, 2.24) is 24.9 Å². The second-order valence-electron chi connectivity index (χ2n) is 13.3. The van der Waals surface area contributed by atoms with Gasteiger partial charge in [-0.15, -0.1) is 11.3 Å². The minimum atomic E-state index is 0.534. The predicted molar refractivity (Wildman–Crippen MR) is 220 cm³/mol. The number of aromatic nitrogens is 5. The summed E-state index contributed by atoms with van der Waals surface area (Å²) in [5.41, 5.74) is 10.6. The number of thiazole rings is 1. The van der Waals surface area contributed by atoms with Gasteiger partial charge in [0.05, 0.1) is 15.8 Å². The van der Waals surface area contributed by atoms with Gasteiger partial charge in [-0.3, -0.25) is 0 Å². The molecule has 0 unspecified atom stereocenters. The lowest BCUT2D eigenvalue weighted by molar-refractivity contribution is 0.620. The van der Waals surface area contributed by atoms with Crippen LogP contribution in [0.15, 0.2) is 173 Å². The van der Waals surface area contributed by atoms with Gasteiger partial charge in [0.15, 0.2) is 23.1 Å². The van der Waals surface area contributed by atoms with Gasteiger partial charge in [-0.2, -0.15) is 0 Å². The Morgan fingerprint density at radius 3 is 1.65 bits per heavy atom. The monoisotopic (exact) mass is 725 g/mol. The maximum atomic E-state index is 6.71. The number of furan rings is 1. The topological polar surface area (TPSA) is 90.7 Å². The van der Waals surface area contributed by atoms with Crippen LogP contribution in [-0.4, -0.2) is 24.9 Å². The van der Waals surface area contributed by atoms with Crippen LogP contribution in [0.4, 0.5) is 0 Å². The van der Waals surface area contributed by atoms with E-state index in [1.807, 2.05) is 103 Å². The second kappa shape index (κ2) is 12.7. The number of nitrogens with zero attached hydrogens (tertiary/aromatic N) is 5. The van der Waals surface area contributed by atoms with Crippen molar-refractivity contribution < 1.29 is 8.83 Å². The van der Waals surface area contributed by atoms with Gasteiger partial charge in [0, 0.05) is 38.6 Å². The van der Waals surface area contributed by atoms with Crippen LogP contribution in [-0.2, 0) is 0 Å². The molecule has 7 aromatic carbocycles. The van der Waals surface area contributed by atoms with E-state index in [2.05, 4.69) is 60.7 Å². The third kappa shape index (κ3) is 5.47. The van der Waals surface area contributed by atoms with Crippen molar-refractivity contribution in [2.45, 2.75) is 0 Å². The van der Waals surface area contributed by atoms with E-state index in [0.717, 1.165) is 81.6 Å². The lowest BCUT2D eigenvalue weighted by Gasteiger charge is -2.08. The third-order valence-electron chi connectivity index (χ3n) is 9.84. The smallest absolute Gasteiger partial charge is 0.227 e. The predicted octanol–water partition coefficient (Wildman–Crippen LogP) is 12.5. The van der Waals surface area contributed by atoms with Crippen LogP contribution in [0, 0.1) is 0 Å². The highest BCUT2D eigenvalue weighted by molar-refractivity contribution is 7.21. The first-order valence-corrected chi connectivity index (χ1v) is 18.7. The first-order valence-electron chi connectivity index (χ1n) is 17.9. The van der Waals surface area contributed by atoms with Gasteiger partial charge >= 0.3 is 0 Å². The minimum absolute atomic E-state index is 0.534. The molecule has 11 rings (SSSR count). The zero-order chi connectivity index (χ0) is 36.3. The average molecular weight is 726 g/mol. The molecule has 55 heavy (non-hydrogen) atoms. The standard InChI is InChI=1S/C47H27N5O2S/c1-3-11-29(12-4-1)43-50-44(30-13-5-2-6-14-30)52-45(51-43)32-25-26-37-39(27-32)53-46(48-37)31-23-21-28(22-24-31)33-15-9-16-34-35-17-10-18-36(42(35)54-41(33)34)47-49-38-19-7-8-20-40(38)55-47/h1-27H. The molecule has 0 atom stereocenters. The molecule has 0 aliphatic heterocycles. The van der Waals surface area contributed by atoms with Crippen LogP contribution < -0.4 is 0 Å². The highest BCUT2D eigenvalue weighted by Crippen LogP contribution is 2.42. The molecule has 7 nitrogen and oxygen atoms in total. The van der Waals surface area contributed by atoms with Gasteiger partial charge in [-0.25, -0.2) is 24.9 Å². The first kappa shape index (κ1) is 31.3. The Kier molecular flexibility index (Phi) is 7.21. The number of fused-ring (bicyclic) bond motifs is 5. The van der Waals surface area contributed by atoms with E-state index < -0.39 is 0 Å². The van der Waals surface area contributed by atoms with Crippen LogP contribution in [0.5, 0.6) is 0 Å². The van der Waals surface area contributed by atoms with Gasteiger partial charge in [-0.1, -0.05) is 115 Å². The highest BCUT2D eigenvalue weighted by Gasteiger charge is 2.19. The molecule has 8 heteroatoms. The Hall–Kier alpha value is -7.29. The molecule has 0 saturated carbocycles. The summed E-state index contributed by atoms with van der Waals surface area (Å²) in [6, 6.07) is 54.9. The van der Waals surface area contributed by atoms with Gasteiger partial charge in [0.2, 0.25) is 5.89 Å². The summed E-state index contributed by atoms with van der Waals surface area (Å²) in [5.74, 6) is 2.31. The zero-order valence-corrected chi connectivity index (χ0v) is 29.9. The molecule has 0 fully saturated rings. The first-order chi connectivity index (χ1) is 27.2. The van der Waals surface area contributed by atoms with E-state index in [1.54, 1.807) is 11.3 Å². The molecule has 0 N–H and O–H groups in total. The number of para-hydroxylation sites is 3. The molecule has 0 spiro atoms. The SMILES string of the molecule is c1ccc(-c2nc(-c3ccccc3)nc(-c3ccc4nc(-c5ccc(-c6cccc7c6oc6c(-c8nc9ccccc9s8)cccc67)cc5)oc4c3)n2)cc1. The summed E-state index contributed by atoms with van der Waals surface area (Å²) in [7, 11) is 0. The van der Waals surface area contributed by atoms with Crippen LogP contribution in [0.25, 0.3) is 111 Å². The molecule has 4 heterocycles. The Balaban J connectivity index is 0.938. The second-order valence-corrected chi connectivity index (χ2v) is 14.3. The highest BCUT2D eigenvalue weighted by atomic mass is 32.1. The average Bonchev–Trinajstić information content (AvgIpc) is 3.99. The molecule has 4 aromatic heterocycles. The minimum Gasteiger partial charge on any atom is -0.455 e. The van der Waals surface area contributed by atoms with Gasteiger partial charge in [0.25, 0.3) is 0 Å². The largest absolute Gasteiger partial charge is 0.455 e. The normalized spacial score (nSPS) is 11.6. The molecule has 0 amide bonds. The Bertz CT molecular complexity index is 3110. The number of hydrogen-bond acceptors (Lipinski definition) is 8. The van der Waals surface area contributed by atoms with E-state index >= 15 is 0 Å². The van der Waals surface area contributed by atoms with E-state index in [-0.39, 0.29) is 0 Å². The molecule has 0 bridgehead atoms. The van der Waals surface area contributed by atoms with Crippen molar-refractivity contribution >= 4 is 54.6 Å². The van der Waals surface area contributed by atoms with Crippen molar-refractivity contribution in [3.05, 3.63) is 164 Å². The van der Waals surface area contributed by atoms with Crippen molar-refractivity contribution in [2.24, 2.45) is 0 Å². The maximum Gasteiger partial charge on any atom is 0.227 e. The fourth-order valence-electron chi connectivity index (χ4n) is 7.12.